The molecule has 1 aromatic rings. The zero-order valence-electron chi connectivity index (χ0n) is 11.8. The third kappa shape index (κ3) is 3.08. The minimum absolute atomic E-state index is 0.0936. The van der Waals surface area contributed by atoms with Gasteiger partial charge in [0.2, 0.25) is 0 Å². The molecule has 1 N–H and O–H groups in total. The second kappa shape index (κ2) is 6.67. The summed E-state index contributed by atoms with van der Waals surface area (Å²) < 4.78 is 10.6. The Morgan fingerprint density at radius 1 is 1.65 bits per heavy atom. The molecule has 20 heavy (non-hydrogen) atoms. The Balaban J connectivity index is 2.32. The van der Waals surface area contributed by atoms with Gasteiger partial charge in [0, 0.05) is 26.5 Å². The topological polar surface area (TPSA) is 71.9 Å². The van der Waals surface area contributed by atoms with Crippen molar-refractivity contribution in [2.45, 2.75) is 19.4 Å². The van der Waals surface area contributed by atoms with Crippen LogP contribution in [0.15, 0.2) is 12.3 Å². The Labute approximate surface area is 118 Å². The number of hydrogen-bond donors (Lipinski definition) is 1. The normalized spacial score (nSPS) is 19.1. The van der Waals surface area contributed by atoms with Crippen molar-refractivity contribution in [1.29, 1.82) is 0 Å². The molecule has 0 spiro atoms. The quantitative estimate of drug-likeness (QED) is 0.877. The van der Waals surface area contributed by atoms with E-state index in [1.54, 1.807) is 26.3 Å². The first-order valence-corrected chi connectivity index (χ1v) is 6.67. The van der Waals surface area contributed by atoms with E-state index >= 15 is 0 Å². The van der Waals surface area contributed by atoms with Crippen LogP contribution in [0.2, 0.25) is 0 Å². The molecule has 6 nitrogen and oxygen atoms in total. The highest BCUT2D eigenvalue weighted by atomic mass is 16.5. The molecule has 0 amide bonds. The molecular weight excluding hydrogens is 260 g/mol. The van der Waals surface area contributed by atoms with E-state index in [0.717, 1.165) is 12.0 Å². The maximum absolute atomic E-state index is 11.5. The number of aromatic nitrogens is 1. The number of methoxy groups -OCH3 is 1. The molecule has 1 atom stereocenters. The fourth-order valence-corrected chi connectivity index (χ4v) is 2.45. The molecule has 110 valence electrons. The number of nitrogens with zero attached hydrogens (tertiary/aromatic N) is 2. The number of aryl methyl sites for hydroxylation is 1. The lowest BCUT2D eigenvalue weighted by Crippen LogP contribution is -2.47. The van der Waals surface area contributed by atoms with Crippen molar-refractivity contribution >= 4 is 11.8 Å². The van der Waals surface area contributed by atoms with Gasteiger partial charge in [0.15, 0.2) is 0 Å². The number of ether oxygens (including phenoxy) is 2. The van der Waals surface area contributed by atoms with Gasteiger partial charge in [0.1, 0.15) is 11.4 Å². The summed E-state index contributed by atoms with van der Waals surface area (Å²) in [7, 11) is 1.65. The molecule has 2 heterocycles. The maximum atomic E-state index is 11.5. The Kier molecular flexibility index (Phi) is 4.92. The highest BCUT2D eigenvalue weighted by Gasteiger charge is 2.28. The fraction of sp³-hybridized carbons (Fsp3) is 0.571. The van der Waals surface area contributed by atoms with E-state index in [1.165, 1.54) is 0 Å². The number of carboxylic acid groups (broad SMARTS) is 1. The number of hydrogen-bond acceptors (Lipinski definition) is 5. The predicted octanol–water partition coefficient (Wildman–Crippen LogP) is 1.33. The van der Waals surface area contributed by atoms with Crippen molar-refractivity contribution in [2.24, 2.45) is 0 Å². The Morgan fingerprint density at radius 3 is 3.15 bits per heavy atom. The van der Waals surface area contributed by atoms with Crippen LogP contribution in [-0.4, -0.2) is 55.6 Å². The average Bonchev–Trinajstić information content (AvgIpc) is 2.44. The zero-order chi connectivity index (χ0) is 14.5. The van der Waals surface area contributed by atoms with Gasteiger partial charge >= 0.3 is 5.97 Å². The molecule has 1 aliphatic rings. The first-order valence-electron chi connectivity index (χ1n) is 6.67. The summed E-state index contributed by atoms with van der Waals surface area (Å²) in [5.41, 5.74) is 0.997. The third-order valence-corrected chi connectivity index (χ3v) is 3.51. The Morgan fingerprint density at radius 2 is 2.45 bits per heavy atom. The summed E-state index contributed by atoms with van der Waals surface area (Å²) in [6, 6.07) is 1.81. The number of carboxylic acids is 1. The monoisotopic (exact) mass is 280 g/mol. The van der Waals surface area contributed by atoms with E-state index in [4.69, 9.17) is 9.47 Å². The van der Waals surface area contributed by atoms with Crippen LogP contribution < -0.4 is 4.90 Å². The molecule has 0 saturated carbocycles. The SMILES string of the molecule is COCCC1COCCN1c1nccc(C)c1C(=O)O. The van der Waals surface area contributed by atoms with Gasteiger partial charge in [-0.05, 0) is 25.0 Å². The van der Waals surface area contributed by atoms with Crippen LogP contribution in [0.1, 0.15) is 22.3 Å². The van der Waals surface area contributed by atoms with E-state index < -0.39 is 5.97 Å². The molecule has 0 aromatic carbocycles. The molecule has 1 aliphatic heterocycles. The summed E-state index contributed by atoms with van der Waals surface area (Å²) in [6.07, 6.45) is 2.44. The van der Waals surface area contributed by atoms with Gasteiger partial charge in [0.05, 0.1) is 19.3 Å². The Bertz CT molecular complexity index is 478. The van der Waals surface area contributed by atoms with Crippen LogP contribution in [0.5, 0.6) is 0 Å². The molecule has 1 saturated heterocycles. The van der Waals surface area contributed by atoms with Crippen LogP contribution in [-0.2, 0) is 9.47 Å². The lowest BCUT2D eigenvalue weighted by Gasteiger charge is -2.37. The standard InChI is InChI=1S/C14H20N2O4/c1-10-3-5-15-13(12(10)14(17)18)16-6-8-20-9-11(16)4-7-19-2/h3,5,11H,4,6-9H2,1-2H3,(H,17,18). The lowest BCUT2D eigenvalue weighted by molar-refractivity contribution is 0.0688. The van der Waals surface area contributed by atoms with E-state index in [2.05, 4.69) is 4.98 Å². The van der Waals surface area contributed by atoms with Crippen molar-refractivity contribution in [3.8, 4) is 0 Å². The number of morpholine rings is 1. The van der Waals surface area contributed by atoms with E-state index in [0.29, 0.717) is 32.2 Å². The van der Waals surface area contributed by atoms with Gasteiger partial charge in [-0.25, -0.2) is 9.78 Å². The van der Waals surface area contributed by atoms with Gasteiger partial charge < -0.3 is 19.5 Å². The highest BCUT2D eigenvalue weighted by molar-refractivity contribution is 5.95. The first-order chi connectivity index (χ1) is 9.65. The summed E-state index contributed by atoms with van der Waals surface area (Å²) in [4.78, 5) is 17.8. The van der Waals surface area contributed by atoms with Gasteiger partial charge in [-0.3, -0.25) is 0 Å². The van der Waals surface area contributed by atoms with Crippen molar-refractivity contribution in [3.63, 3.8) is 0 Å². The van der Waals surface area contributed by atoms with Crippen LogP contribution >= 0.6 is 0 Å². The minimum atomic E-state index is -0.942. The van der Waals surface area contributed by atoms with E-state index in [1.807, 2.05) is 4.90 Å². The number of anilines is 1. The minimum Gasteiger partial charge on any atom is -0.478 e. The Hall–Kier alpha value is -1.66. The predicted molar refractivity (Wildman–Crippen MR) is 74.4 cm³/mol. The molecule has 1 fully saturated rings. The van der Waals surface area contributed by atoms with Gasteiger partial charge in [-0.2, -0.15) is 0 Å². The maximum Gasteiger partial charge on any atom is 0.339 e. The van der Waals surface area contributed by atoms with Crippen LogP contribution in [0, 0.1) is 6.92 Å². The second-order valence-electron chi connectivity index (χ2n) is 4.84. The molecule has 0 bridgehead atoms. The average molecular weight is 280 g/mol. The van der Waals surface area contributed by atoms with E-state index in [9.17, 15) is 9.90 Å². The molecule has 2 rings (SSSR count). The zero-order valence-corrected chi connectivity index (χ0v) is 11.8. The summed E-state index contributed by atoms with van der Waals surface area (Å²) in [5.74, 6) is -0.413. The van der Waals surface area contributed by atoms with Crippen molar-refractivity contribution in [2.75, 3.05) is 38.4 Å². The third-order valence-electron chi connectivity index (χ3n) is 3.51. The first kappa shape index (κ1) is 14.7. The molecule has 1 unspecified atom stereocenters. The van der Waals surface area contributed by atoms with Crippen molar-refractivity contribution in [3.05, 3.63) is 23.4 Å². The molecular formula is C14H20N2O4. The van der Waals surface area contributed by atoms with Gasteiger partial charge in [-0.15, -0.1) is 0 Å². The van der Waals surface area contributed by atoms with Gasteiger partial charge in [-0.1, -0.05) is 0 Å². The molecule has 6 heteroatoms. The summed E-state index contributed by atoms with van der Waals surface area (Å²) >= 11 is 0. The number of aromatic carboxylic acids is 1. The van der Waals surface area contributed by atoms with Crippen molar-refractivity contribution < 1.29 is 19.4 Å². The molecule has 0 aliphatic carbocycles. The fourth-order valence-electron chi connectivity index (χ4n) is 2.45. The van der Waals surface area contributed by atoms with Crippen LogP contribution in [0.4, 0.5) is 5.82 Å². The lowest BCUT2D eigenvalue weighted by atomic mass is 10.1. The smallest absolute Gasteiger partial charge is 0.339 e. The van der Waals surface area contributed by atoms with E-state index in [-0.39, 0.29) is 11.6 Å². The largest absolute Gasteiger partial charge is 0.478 e. The summed E-state index contributed by atoms with van der Waals surface area (Å²) in [5, 5.41) is 9.42. The van der Waals surface area contributed by atoms with Gasteiger partial charge in [0.25, 0.3) is 0 Å². The number of pyridine rings is 1. The highest BCUT2D eigenvalue weighted by Crippen LogP contribution is 2.25. The number of carbonyl (C=O) groups is 1. The van der Waals surface area contributed by atoms with Crippen molar-refractivity contribution in [1.82, 2.24) is 4.98 Å². The van der Waals surface area contributed by atoms with Crippen LogP contribution in [0.3, 0.4) is 0 Å². The number of rotatable bonds is 5. The summed E-state index contributed by atoms with van der Waals surface area (Å²) in [6.45, 7) is 4.19. The second-order valence-corrected chi connectivity index (χ2v) is 4.84. The molecule has 0 radical (unpaired) electrons. The molecule has 1 aromatic heterocycles. The van der Waals surface area contributed by atoms with Crippen LogP contribution in [0.25, 0.3) is 0 Å².